The van der Waals surface area contributed by atoms with Gasteiger partial charge in [0, 0.05) is 12.5 Å². The van der Waals surface area contributed by atoms with E-state index in [-0.39, 0.29) is 0 Å². The molecule has 2 atom stereocenters. The minimum absolute atomic E-state index is 0.594. The highest BCUT2D eigenvalue weighted by atomic mass is 16.5. The Labute approximate surface area is 89.9 Å². The summed E-state index contributed by atoms with van der Waals surface area (Å²) in [7, 11) is 1.73. The van der Waals surface area contributed by atoms with Gasteiger partial charge in [-0.1, -0.05) is 24.3 Å². The maximum absolute atomic E-state index is 5.37. The Bertz CT molecular complexity index is 411. The second-order valence-electron chi connectivity index (χ2n) is 4.26. The minimum Gasteiger partial charge on any atom is -0.495 e. The third-order valence-corrected chi connectivity index (χ3v) is 3.47. The topological polar surface area (TPSA) is 21.3 Å². The average Bonchev–Trinajstić information content (AvgIpc) is 2.76. The molecule has 2 heteroatoms. The largest absolute Gasteiger partial charge is 0.495 e. The van der Waals surface area contributed by atoms with Crippen molar-refractivity contribution in [3.63, 3.8) is 0 Å². The molecule has 0 bridgehead atoms. The van der Waals surface area contributed by atoms with Crippen LogP contribution < -0.4 is 10.1 Å². The Kier molecular flexibility index (Phi) is 1.94. The van der Waals surface area contributed by atoms with Gasteiger partial charge in [-0.15, -0.1) is 0 Å². The summed E-state index contributed by atoms with van der Waals surface area (Å²) in [6.45, 7) is 1.06. The van der Waals surface area contributed by atoms with Crippen molar-refractivity contribution in [1.29, 1.82) is 0 Å². The number of allylic oxidation sites excluding steroid dienone is 2. The quantitative estimate of drug-likeness (QED) is 0.705. The van der Waals surface area contributed by atoms with Gasteiger partial charge < -0.3 is 10.1 Å². The molecule has 1 aromatic rings. The lowest BCUT2D eigenvalue weighted by atomic mass is 9.84. The van der Waals surface area contributed by atoms with Crippen LogP contribution in [0.15, 0.2) is 30.4 Å². The molecule has 0 saturated carbocycles. The molecule has 78 valence electrons. The molecule has 3 rings (SSSR count). The lowest BCUT2D eigenvalue weighted by molar-refractivity contribution is 0.412. The van der Waals surface area contributed by atoms with Crippen LogP contribution in [0.3, 0.4) is 0 Å². The number of anilines is 1. The first-order valence-corrected chi connectivity index (χ1v) is 5.47. The number of rotatable bonds is 1. The maximum atomic E-state index is 5.37. The Balaban J connectivity index is 2.10. The van der Waals surface area contributed by atoms with E-state index in [0.717, 1.165) is 18.2 Å². The molecular weight excluding hydrogens is 186 g/mol. The van der Waals surface area contributed by atoms with E-state index in [4.69, 9.17) is 4.74 Å². The Morgan fingerprint density at radius 1 is 1.40 bits per heavy atom. The highest BCUT2D eigenvalue weighted by Gasteiger charge is 2.31. The van der Waals surface area contributed by atoms with Crippen LogP contribution in [0.25, 0.3) is 0 Å². The predicted octanol–water partition coefficient (Wildman–Crippen LogP) is 2.78. The summed E-state index contributed by atoms with van der Waals surface area (Å²) in [6, 6.07) is 6.30. The third-order valence-electron chi connectivity index (χ3n) is 3.47. The summed E-state index contributed by atoms with van der Waals surface area (Å²) in [6.07, 6.45) is 5.84. The van der Waals surface area contributed by atoms with E-state index >= 15 is 0 Å². The van der Waals surface area contributed by atoms with Crippen molar-refractivity contribution in [1.82, 2.24) is 0 Å². The van der Waals surface area contributed by atoms with Crippen LogP contribution in [0, 0.1) is 5.92 Å². The summed E-state index contributed by atoms with van der Waals surface area (Å²) < 4.78 is 5.37. The van der Waals surface area contributed by atoms with Crippen LogP contribution in [0.1, 0.15) is 17.9 Å². The summed E-state index contributed by atoms with van der Waals surface area (Å²) >= 11 is 0. The van der Waals surface area contributed by atoms with Crippen LogP contribution in [0.5, 0.6) is 5.75 Å². The first-order chi connectivity index (χ1) is 7.40. The van der Waals surface area contributed by atoms with E-state index in [1.165, 1.54) is 17.7 Å². The normalized spacial score (nSPS) is 26.7. The SMILES string of the molecule is COc1cccc2c1NCC1CC=CC21. The van der Waals surface area contributed by atoms with Gasteiger partial charge in [0.1, 0.15) is 5.75 Å². The summed E-state index contributed by atoms with van der Waals surface area (Å²) in [5.74, 6) is 2.30. The van der Waals surface area contributed by atoms with Crippen molar-refractivity contribution in [3.05, 3.63) is 35.9 Å². The fraction of sp³-hybridized carbons (Fsp3) is 0.385. The number of ether oxygens (including phenoxy) is 1. The summed E-state index contributed by atoms with van der Waals surface area (Å²) in [4.78, 5) is 0. The lowest BCUT2D eigenvalue weighted by Crippen LogP contribution is -2.24. The van der Waals surface area contributed by atoms with E-state index in [9.17, 15) is 0 Å². The lowest BCUT2D eigenvalue weighted by Gasteiger charge is -2.30. The van der Waals surface area contributed by atoms with E-state index in [0.29, 0.717) is 5.92 Å². The van der Waals surface area contributed by atoms with Crippen LogP contribution in [-0.2, 0) is 0 Å². The number of para-hydroxylation sites is 1. The molecule has 1 aliphatic carbocycles. The van der Waals surface area contributed by atoms with Crippen LogP contribution in [-0.4, -0.2) is 13.7 Å². The Hall–Kier alpha value is -1.44. The predicted molar refractivity (Wildman–Crippen MR) is 61.5 cm³/mol. The number of benzene rings is 1. The van der Waals surface area contributed by atoms with E-state index < -0.39 is 0 Å². The van der Waals surface area contributed by atoms with E-state index in [1.807, 2.05) is 6.07 Å². The molecule has 2 nitrogen and oxygen atoms in total. The fourth-order valence-corrected chi connectivity index (χ4v) is 2.69. The second kappa shape index (κ2) is 3.30. The number of hydrogen-bond acceptors (Lipinski definition) is 2. The van der Waals surface area contributed by atoms with Crippen molar-refractivity contribution in [3.8, 4) is 5.75 Å². The summed E-state index contributed by atoms with van der Waals surface area (Å²) in [5, 5.41) is 3.49. The molecule has 0 saturated heterocycles. The van der Waals surface area contributed by atoms with Gasteiger partial charge in [0.25, 0.3) is 0 Å². The molecule has 1 heterocycles. The molecule has 15 heavy (non-hydrogen) atoms. The van der Waals surface area contributed by atoms with E-state index in [2.05, 4.69) is 29.6 Å². The van der Waals surface area contributed by atoms with Gasteiger partial charge in [-0.3, -0.25) is 0 Å². The zero-order chi connectivity index (χ0) is 10.3. The smallest absolute Gasteiger partial charge is 0.142 e. The van der Waals surface area contributed by atoms with Crippen molar-refractivity contribution in [2.45, 2.75) is 12.3 Å². The van der Waals surface area contributed by atoms with Crippen LogP contribution in [0.4, 0.5) is 5.69 Å². The van der Waals surface area contributed by atoms with Crippen molar-refractivity contribution < 1.29 is 4.74 Å². The van der Waals surface area contributed by atoms with Gasteiger partial charge in [-0.25, -0.2) is 0 Å². The highest BCUT2D eigenvalue weighted by Crippen LogP contribution is 2.44. The van der Waals surface area contributed by atoms with Gasteiger partial charge in [0.2, 0.25) is 0 Å². The van der Waals surface area contributed by atoms with Gasteiger partial charge in [-0.2, -0.15) is 0 Å². The molecule has 0 amide bonds. The van der Waals surface area contributed by atoms with Gasteiger partial charge >= 0.3 is 0 Å². The molecule has 0 fully saturated rings. The molecule has 0 aromatic heterocycles. The number of methoxy groups -OCH3 is 1. The number of nitrogens with one attached hydrogen (secondary N) is 1. The van der Waals surface area contributed by atoms with Crippen molar-refractivity contribution in [2.24, 2.45) is 5.92 Å². The molecule has 0 spiro atoms. The fourth-order valence-electron chi connectivity index (χ4n) is 2.69. The van der Waals surface area contributed by atoms with Gasteiger partial charge in [-0.05, 0) is 24.0 Å². The first-order valence-electron chi connectivity index (χ1n) is 5.47. The van der Waals surface area contributed by atoms with Crippen LogP contribution in [0.2, 0.25) is 0 Å². The maximum Gasteiger partial charge on any atom is 0.142 e. The number of hydrogen-bond donors (Lipinski definition) is 1. The molecule has 1 aromatic carbocycles. The zero-order valence-corrected chi connectivity index (χ0v) is 8.86. The highest BCUT2D eigenvalue weighted by molar-refractivity contribution is 5.66. The summed E-state index contributed by atoms with van der Waals surface area (Å²) in [5.41, 5.74) is 2.58. The van der Waals surface area contributed by atoms with Crippen molar-refractivity contribution >= 4 is 5.69 Å². The van der Waals surface area contributed by atoms with E-state index in [1.54, 1.807) is 7.11 Å². The van der Waals surface area contributed by atoms with Gasteiger partial charge in [0.05, 0.1) is 12.8 Å². The Morgan fingerprint density at radius 2 is 2.33 bits per heavy atom. The Morgan fingerprint density at radius 3 is 3.20 bits per heavy atom. The van der Waals surface area contributed by atoms with Crippen molar-refractivity contribution in [2.75, 3.05) is 19.0 Å². The van der Waals surface area contributed by atoms with Gasteiger partial charge in [0.15, 0.2) is 0 Å². The first kappa shape index (κ1) is 8.84. The molecular formula is C13H15NO. The third kappa shape index (κ3) is 1.24. The standard InChI is InChI=1S/C13H15NO/c1-15-12-7-3-6-11-10-5-2-4-9(10)8-14-13(11)12/h2-3,5-7,9-10,14H,4,8H2,1H3. The molecule has 1 aliphatic heterocycles. The minimum atomic E-state index is 0.594. The molecule has 2 aliphatic rings. The van der Waals surface area contributed by atoms with Crippen LogP contribution >= 0.6 is 0 Å². The second-order valence-corrected chi connectivity index (χ2v) is 4.26. The number of fused-ring (bicyclic) bond motifs is 3. The molecule has 0 radical (unpaired) electrons. The zero-order valence-electron chi connectivity index (χ0n) is 8.86. The molecule has 2 unspecified atom stereocenters. The monoisotopic (exact) mass is 201 g/mol. The molecule has 1 N–H and O–H groups in total. The average molecular weight is 201 g/mol.